The number of likely N-dealkylation sites (tertiary alicyclic amines) is 1. The van der Waals surface area contributed by atoms with Gasteiger partial charge in [-0.2, -0.15) is 0 Å². The van der Waals surface area contributed by atoms with E-state index >= 15 is 0 Å². The van der Waals surface area contributed by atoms with Crippen molar-refractivity contribution in [3.05, 3.63) is 0 Å². The molecule has 3 unspecified atom stereocenters. The standard InChI is InChI=1S/C15H32N2/c1-5-7-8-11-17-12-9-15(16-10-6-2)13(3)14(17)4/h13-16H,5-12H2,1-4H3. The van der Waals surface area contributed by atoms with Crippen LogP contribution >= 0.6 is 0 Å². The molecule has 0 aromatic carbocycles. The summed E-state index contributed by atoms with van der Waals surface area (Å²) < 4.78 is 0. The minimum atomic E-state index is 0.743. The van der Waals surface area contributed by atoms with Gasteiger partial charge in [-0.05, 0) is 51.7 Å². The van der Waals surface area contributed by atoms with E-state index in [0.717, 1.165) is 18.0 Å². The van der Waals surface area contributed by atoms with Crippen LogP contribution in [0.5, 0.6) is 0 Å². The fraction of sp³-hybridized carbons (Fsp3) is 1.00. The van der Waals surface area contributed by atoms with Gasteiger partial charge >= 0.3 is 0 Å². The second-order valence-electron chi connectivity index (χ2n) is 5.69. The molecule has 1 N–H and O–H groups in total. The van der Waals surface area contributed by atoms with Crippen LogP contribution in [-0.4, -0.2) is 36.6 Å². The van der Waals surface area contributed by atoms with Crippen molar-refractivity contribution in [2.24, 2.45) is 5.92 Å². The lowest BCUT2D eigenvalue weighted by atomic mass is 9.86. The number of unbranched alkanes of at least 4 members (excludes halogenated alkanes) is 2. The Kier molecular flexibility index (Phi) is 7.14. The third kappa shape index (κ3) is 4.59. The molecule has 1 heterocycles. The van der Waals surface area contributed by atoms with E-state index in [1.807, 2.05) is 0 Å². The van der Waals surface area contributed by atoms with E-state index in [-0.39, 0.29) is 0 Å². The summed E-state index contributed by atoms with van der Waals surface area (Å²) >= 11 is 0. The average molecular weight is 240 g/mol. The Balaban J connectivity index is 2.33. The molecule has 3 atom stereocenters. The van der Waals surface area contributed by atoms with Crippen molar-refractivity contribution in [3.8, 4) is 0 Å². The van der Waals surface area contributed by atoms with Gasteiger partial charge in [-0.15, -0.1) is 0 Å². The molecule has 1 rings (SSSR count). The quantitative estimate of drug-likeness (QED) is 0.687. The highest BCUT2D eigenvalue weighted by molar-refractivity contribution is 4.88. The fourth-order valence-electron chi connectivity index (χ4n) is 2.94. The summed E-state index contributed by atoms with van der Waals surface area (Å²) in [5.41, 5.74) is 0. The van der Waals surface area contributed by atoms with Crippen LogP contribution in [0.4, 0.5) is 0 Å². The first kappa shape index (κ1) is 15.0. The second-order valence-corrected chi connectivity index (χ2v) is 5.69. The van der Waals surface area contributed by atoms with E-state index in [1.165, 1.54) is 51.7 Å². The zero-order chi connectivity index (χ0) is 12.7. The highest BCUT2D eigenvalue weighted by atomic mass is 15.2. The molecule has 0 aliphatic carbocycles. The predicted octanol–water partition coefficient (Wildman–Crippen LogP) is 3.28. The number of piperidine rings is 1. The van der Waals surface area contributed by atoms with Crippen LogP contribution in [0.2, 0.25) is 0 Å². The van der Waals surface area contributed by atoms with Crippen molar-refractivity contribution in [2.45, 2.75) is 71.9 Å². The maximum atomic E-state index is 3.71. The predicted molar refractivity (Wildman–Crippen MR) is 76.4 cm³/mol. The molecule has 102 valence electrons. The maximum absolute atomic E-state index is 3.71. The number of rotatable bonds is 7. The number of nitrogens with zero attached hydrogens (tertiary/aromatic N) is 1. The van der Waals surface area contributed by atoms with Gasteiger partial charge < -0.3 is 10.2 Å². The molecular formula is C15H32N2. The lowest BCUT2D eigenvalue weighted by molar-refractivity contribution is 0.0834. The Morgan fingerprint density at radius 1 is 1.12 bits per heavy atom. The van der Waals surface area contributed by atoms with Crippen molar-refractivity contribution >= 4 is 0 Å². The number of hydrogen-bond acceptors (Lipinski definition) is 2. The van der Waals surface area contributed by atoms with Gasteiger partial charge in [0.05, 0.1) is 0 Å². The van der Waals surface area contributed by atoms with Gasteiger partial charge in [-0.1, -0.05) is 33.6 Å². The third-order valence-corrected chi connectivity index (χ3v) is 4.40. The topological polar surface area (TPSA) is 15.3 Å². The minimum Gasteiger partial charge on any atom is -0.314 e. The molecule has 1 aliphatic rings. The van der Waals surface area contributed by atoms with Gasteiger partial charge in [0.15, 0.2) is 0 Å². The van der Waals surface area contributed by atoms with E-state index in [4.69, 9.17) is 0 Å². The average Bonchev–Trinajstić information content (AvgIpc) is 2.34. The molecule has 0 aromatic rings. The van der Waals surface area contributed by atoms with Gasteiger partial charge in [0, 0.05) is 12.1 Å². The van der Waals surface area contributed by atoms with Crippen LogP contribution in [0.3, 0.4) is 0 Å². The van der Waals surface area contributed by atoms with Crippen LogP contribution in [0.15, 0.2) is 0 Å². The van der Waals surface area contributed by atoms with Crippen molar-refractivity contribution in [2.75, 3.05) is 19.6 Å². The highest BCUT2D eigenvalue weighted by Crippen LogP contribution is 2.24. The molecule has 0 saturated carbocycles. The second kappa shape index (κ2) is 8.10. The summed E-state index contributed by atoms with van der Waals surface area (Å²) in [6.45, 7) is 13.1. The summed E-state index contributed by atoms with van der Waals surface area (Å²) in [4.78, 5) is 2.70. The van der Waals surface area contributed by atoms with E-state index in [2.05, 4.69) is 37.9 Å². The molecule has 0 spiro atoms. The molecule has 0 radical (unpaired) electrons. The molecular weight excluding hydrogens is 208 g/mol. The Labute approximate surface area is 108 Å². The van der Waals surface area contributed by atoms with Crippen molar-refractivity contribution in [1.82, 2.24) is 10.2 Å². The molecule has 1 aliphatic heterocycles. The number of hydrogen-bond donors (Lipinski definition) is 1. The molecule has 2 nitrogen and oxygen atoms in total. The highest BCUT2D eigenvalue weighted by Gasteiger charge is 2.31. The van der Waals surface area contributed by atoms with E-state index in [1.54, 1.807) is 0 Å². The first-order chi connectivity index (χ1) is 8.20. The van der Waals surface area contributed by atoms with Crippen LogP contribution in [-0.2, 0) is 0 Å². The summed E-state index contributed by atoms with van der Waals surface area (Å²) in [5, 5.41) is 3.71. The van der Waals surface area contributed by atoms with Gasteiger partial charge in [0.25, 0.3) is 0 Å². The van der Waals surface area contributed by atoms with Gasteiger partial charge in [-0.3, -0.25) is 0 Å². The van der Waals surface area contributed by atoms with Gasteiger partial charge in [0.1, 0.15) is 0 Å². The Morgan fingerprint density at radius 2 is 1.88 bits per heavy atom. The fourth-order valence-corrected chi connectivity index (χ4v) is 2.94. The summed E-state index contributed by atoms with van der Waals surface area (Å²) in [6, 6.07) is 1.49. The molecule has 1 fully saturated rings. The van der Waals surface area contributed by atoms with Crippen LogP contribution in [0.25, 0.3) is 0 Å². The number of nitrogens with one attached hydrogen (secondary N) is 1. The Morgan fingerprint density at radius 3 is 2.53 bits per heavy atom. The van der Waals surface area contributed by atoms with Crippen LogP contribution in [0, 0.1) is 5.92 Å². The third-order valence-electron chi connectivity index (χ3n) is 4.40. The van der Waals surface area contributed by atoms with Crippen molar-refractivity contribution in [3.63, 3.8) is 0 Å². The monoisotopic (exact) mass is 240 g/mol. The molecule has 0 bridgehead atoms. The first-order valence-electron chi connectivity index (χ1n) is 7.68. The molecule has 17 heavy (non-hydrogen) atoms. The SMILES string of the molecule is CCCCCN1CCC(NCCC)C(C)C1C. The van der Waals surface area contributed by atoms with E-state index in [0.29, 0.717) is 0 Å². The Bertz CT molecular complexity index is 191. The molecule has 2 heteroatoms. The van der Waals surface area contributed by atoms with Gasteiger partial charge in [0.2, 0.25) is 0 Å². The zero-order valence-corrected chi connectivity index (χ0v) is 12.3. The summed E-state index contributed by atoms with van der Waals surface area (Å²) in [7, 11) is 0. The molecule has 1 saturated heterocycles. The lowest BCUT2D eigenvalue weighted by Gasteiger charge is -2.43. The largest absolute Gasteiger partial charge is 0.314 e. The maximum Gasteiger partial charge on any atom is 0.0120 e. The van der Waals surface area contributed by atoms with Crippen molar-refractivity contribution < 1.29 is 0 Å². The van der Waals surface area contributed by atoms with Crippen LogP contribution in [0.1, 0.15) is 59.8 Å². The van der Waals surface area contributed by atoms with E-state index in [9.17, 15) is 0 Å². The van der Waals surface area contributed by atoms with E-state index < -0.39 is 0 Å². The van der Waals surface area contributed by atoms with Gasteiger partial charge in [-0.25, -0.2) is 0 Å². The van der Waals surface area contributed by atoms with Crippen LogP contribution < -0.4 is 5.32 Å². The summed E-state index contributed by atoms with van der Waals surface area (Å²) in [6.07, 6.45) is 6.67. The normalized spacial score (nSPS) is 30.7. The molecule has 0 aromatic heterocycles. The smallest absolute Gasteiger partial charge is 0.0120 e. The Hall–Kier alpha value is -0.0800. The summed E-state index contributed by atoms with van der Waals surface area (Å²) in [5.74, 6) is 0.789. The lowest BCUT2D eigenvalue weighted by Crippen LogP contribution is -2.53. The minimum absolute atomic E-state index is 0.743. The van der Waals surface area contributed by atoms with Crippen molar-refractivity contribution in [1.29, 1.82) is 0 Å². The zero-order valence-electron chi connectivity index (χ0n) is 12.3. The molecule has 0 amide bonds. The first-order valence-corrected chi connectivity index (χ1v) is 7.68.